The molecule has 0 saturated carbocycles. The molecule has 0 radical (unpaired) electrons. The molecule has 36 heavy (non-hydrogen) atoms. The predicted molar refractivity (Wildman–Crippen MR) is 138 cm³/mol. The number of carbonyl (C=O) groups is 1. The summed E-state index contributed by atoms with van der Waals surface area (Å²) < 4.78 is 9.54. The minimum absolute atomic E-state index is 0.129. The Hall–Kier alpha value is -3.72. The molecule has 1 atom stereocenters. The van der Waals surface area contributed by atoms with E-state index in [4.69, 9.17) is 19.8 Å². The van der Waals surface area contributed by atoms with E-state index in [0.29, 0.717) is 19.8 Å². The average Bonchev–Trinajstić information content (AvgIpc) is 3.65. The number of hydrogen-bond donors (Lipinski definition) is 0. The molecule has 0 spiro atoms. The van der Waals surface area contributed by atoms with Crippen LogP contribution in [0.25, 0.3) is 28.2 Å². The summed E-state index contributed by atoms with van der Waals surface area (Å²) in [7, 11) is 0. The molecule has 5 heterocycles. The Kier molecular flexibility index (Phi) is 5.92. The van der Waals surface area contributed by atoms with Gasteiger partial charge >= 0.3 is 0 Å². The molecule has 1 amide bonds. The van der Waals surface area contributed by atoms with E-state index < -0.39 is 0 Å². The van der Waals surface area contributed by atoms with Crippen LogP contribution in [0.4, 0.5) is 5.69 Å². The van der Waals surface area contributed by atoms with Gasteiger partial charge in [0, 0.05) is 57.0 Å². The standard InChI is InChI=1S/C27H31N7O2/c1-19-5-3-6-21(15-19)23-8-10-34(30-23)25-16-24(31-11-13-36-14-12-31)26-27(29-25)32(18-28-26)17-22-7-4-9-33(22)20(2)35/h3,5-6,8,10,15-16,18,22H,4,7,9,11-14,17H2,1-2H3/t22-/m1/s1. The monoisotopic (exact) mass is 485 g/mol. The number of hydrogen-bond acceptors (Lipinski definition) is 6. The fraction of sp³-hybridized carbons (Fsp3) is 0.407. The molecule has 2 fully saturated rings. The predicted octanol–water partition coefficient (Wildman–Crippen LogP) is 3.44. The number of pyridine rings is 1. The maximum absolute atomic E-state index is 12.1. The fourth-order valence-corrected chi connectivity index (χ4v) is 5.38. The third kappa shape index (κ3) is 4.24. The van der Waals surface area contributed by atoms with Crippen molar-refractivity contribution >= 4 is 22.8 Å². The zero-order chi connectivity index (χ0) is 24.6. The number of morpholine rings is 1. The number of aromatic nitrogens is 5. The first-order chi connectivity index (χ1) is 17.6. The SMILES string of the molecule is CC(=O)N1CCC[C@@H]1Cn1cnc2c(N3CCOCC3)cc(-n3ccc(-c4cccc(C)c4)n3)nc21. The number of fused-ring (bicyclic) bond motifs is 1. The first kappa shape index (κ1) is 22.7. The topological polar surface area (TPSA) is 81.3 Å². The third-order valence-electron chi connectivity index (χ3n) is 7.22. The summed E-state index contributed by atoms with van der Waals surface area (Å²) in [5.41, 5.74) is 5.92. The van der Waals surface area contributed by atoms with Gasteiger partial charge in [-0.15, -0.1) is 0 Å². The lowest BCUT2D eigenvalue weighted by Gasteiger charge is -2.29. The number of nitrogens with zero attached hydrogens (tertiary/aromatic N) is 7. The maximum Gasteiger partial charge on any atom is 0.219 e. The Morgan fingerprint density at radius 1 is 1.14 bits per heavy atom. The fourth-order valence-electron chi connectivity index (χ4n) is 5.38. The van der Waals surface area contributed by atoms with Gasteiger partial charge in [0.15, 0.2) is 11.5 Å². The number of amides is 1. The van der Waals surface area contributed by atoms with Crippen LogP contribution in [0.15, 0.2) is 48.9 Å². The van der Waals surface area contributed by atoms with Gasteiger partial charge in [-0.25, -0.2) is 14.6 Å². The lowest BCUT2D eigenvalue weighted by molar-refractivity contribution is -0.129. The van der Waals surface area contributed by atoms with Gasteiger partial charge in [0.25, 0.3) is 0 Å². The summed E-state index contributed by atoms with van der Waals surface area (Å²) in [4.78, 5) is 26.3. The van der Waals surface area contributed by atoms with Gasteiger partial charge in [-0.2, -0.15) is 5.10 Å². The number of aryl methyl sites for hydroxylation is 1. The molecule has 2 aliphatic rings. The minimum atomic E-state index is 0.129. The van der Waals surface area contributed by atoms with E-state index in [1.54, 1.807) is 6.92 Å². The smallest absolute Gasteiger partial charge is 0.219 e. The number of carbonyl (C=O) groups excluding carboxylic acids is 1. The van der Waals surface area contributed by atoms with Gasteiger partial charge in [-0.3, -0.25) is 4.79 Å². The average molecular weight is 486 g/mol. The van der Waals surface area contributed by atoms with Crippen molar-refractivity contribution in [2.75, 3.05) is 37.7 Å². The van der Waals surface area contributed by atoms with Crippen LogP contribution in [0.2, 0.25) is 0 Å². The van der Waals surface area contributed by atoms with Crippen molar-refractivity contribution in [2.24, 2.45) is 0 Å². The number of likely N-dealkylation sites (tertiary alicyclic amines) is 1. The minimum Gasteiger partial charge on any atom is -0.378 e. The van der Waals surface area contributed by atoms with Crippen molar-refractivity contribution in [1.82, 2.24) is 29.2 Å². The van der Waals surface area contributed by atoms with Crippen molar-refractivity contribution in [2.45, 2.75) is 39.3 Å². The Bertz CT molecular complexity index is 1400. The Morgan fingerprint density at radius 2 is 2.00 bits per heavy atom. The number of ether oxygens (including phenoxy) is 1. The van der Waals surface area contributed by atoms with Crippen molar-refractivity contribution in [3.8, 4) is 17.1 Å². The lowest BCUT2D eigenvalue weighted by atomic mass is 10.1. The van der Waals surface area contributed by atoms with Crippen LogP contribution in [-0.4, -0.2) is 74.0 Å². The molecule has 9 heteroatoms. The van der Waals surface area contributed by atoms with Gasteiger partial charge in [0.1, 0.15) is 5.52 Å². The van der Waals surface area contributed by atoms with Crippen LogP contribution < -0.4 is 4.90 Å². The molecule has 0 N–H and O–H groups in total. The third-order valence-corrected chi connectivity index (χ3v) is 7.22. The van der Waals surface area contributed by atoms with Crippen LogP contribution >= 0.6 is 0 Å². The first-order valence-corrected chi connectivity index (χ1v) is 12.7. The second-order valence-electron chi connectivity index (χ2n) is 9.69. The van der Waals surface area contributed by atoms with E-state index in [-0.39, 0.29) is 11.9 Å². The summed E-state index contributed by atoms with van der Waals surface area (Å²) >= 11 is 0. The molecule has 0 aliphatic carbocycles. The molecule has 2 aliphatic heterocycles. The number of rotatable bonds is 5. The van der Waals surface area contributed by atoms with E-state index in [1.165, 1.54) is 5.56 Å². The largest absolute Gasteiger partial charge is 0.378 e. The summed E-state index contributed by atoms with van der Waals surface area (Å²) in [5, 5.41) is 4.87. The van der Waals surface area contributed by atoms with E-state index in [9.17, 15) is 4.79 Å². The van der Waals surface area contributed by atoms with Crippen molar-refractivity contribution < 1.29 is 9.53 Å². The first-order valence-electron chi connectivity index (χ1n) is 12.7. The van der Waals surface area contributed by atoms with E-state index in [1.807, 2.05) is 28.2 Å². The number of benzene rings is 1. The zero-order valence-corrected chi connectivity index (χ0v) is 20.8. The van der Waals surface area contributed by atoms with Gasteiger partial charge < -0.3 is 19.1 Å². The summed E-state index contributed by atoms with van der Waals surface area (Å²) in [5.74, 6) is 0.879. The molecular weight excluding hydrogens is 454 g/mol. The number of anilines is 1. The maximum atomic E-state index is 12.1. The van der Waals surface area contributed by atoms with E-state index in [2.05, 4.69) is 46.7 Å². The van der Waals surface area contributed by atoms with Crippen LogP contribution in [0.1, 0.15) is 25.3 Å². The highest BCUT2D eigenvalue weighted by atomic mass is 16.5. The highest BCUT2D eigenvalue weighted by Crippen LogP contribution is 2.30. The molecule has 3 aromatic heterocycles. The van der Waals surface area contributed by atoms with Gasteiger partial charge in [-0.1, -0.05) is 23.8 Å². The van der Waals surface area contributed by atoms with Gasteiger partial charge in [0.05, 0.1) is 30.9 Å². The molecule has 4 aromatic rings. The molecule has 2 saturated heterocycles. The Morgan fingerprint density at radius 3 is 2.81 bits per heavy atom. The molecule has 1 aromatic carbocycles. The molecule has 0 unspecified atom stereocenters. The Balaban J connectivity index is 1.42. The molecular formula is C27H31N7O2. The van der Waals surface area contributed by atoms with Crippen LogP contribution in [0.5, 0.6) is 0 Å². The summed E-state index contributed by atoms with van der Waals surface area (Å²) in [6.07, 6.45) is 5.85. The highest BCUT2D eigenvalue weighted by Gasteiger charge is 2.28. The second kappa shape index (κ2) is 9.39. The quantitative estimate of drug-likeness (QED) is 0.431. The summed E-state index contributed by atoms with van der Waals surface area (Å²) in [6, 6.07) is 12.6. The normalized spacial score (nSPS) is 18.3. The number of imidazole rings is 1. The van der Waals surface area contributed by atoms with Crippen LogP contribution in [0, 0.1) is 6.92 Å². The zero-order valence-electron chi connectivity index (χ0n) is 20.8. The molecule has 9 nitrogen and oxygen atoms in total. The Labute approximate surface area is 210 Å². The lowest BCUT2D eigenvalue weighted by Crippen LogP contribution is -2.37. The van der Waals surface area contributed by atoms with Crippen molar-refractivity contribution in [3.63, 3.8) is 0 Å². The second-order valence-corrected chi connectivity index (χ2v) is 9.69. The highest BCUT2D eigenvalue weighted by molar-refractivity contribution is 5.87. The van der Waals surface area contributed by atoms with Crippen molar-refractivity contribution in [3.05, 3.63) is 54.5 Å². The summed E-state index contributed by atoms with van der Waals surface area (Å²) in [6.45, 7) is 8.23. The van der Waals surface area contributed by atoms with Crippen LogP contribution in [0.3, 0.4) is 0 Å². The molecule has 186 valence electrons. The van der Waals surface area contributed by atoms with E-state index >= 15 is 0 Å². The molecule has 0 bridgehead atoms. The van der Waals surface area contributed by atoms with Gasteiger partial charge in [-0.05, 0) is 31.9 Å². The van der Waals surface area contributed by atoms with E-state index in [0.717, 1.165) is 66.4 Å². The van der Waals surface area contributed by atoms with Crippen LogP contribution in [-0.2, 0) is 16.1 Å². The molecule has 6 rings (SSSR count). The van der Waals surface area contributed by atoms with Gasteiger partial charge in [0.2, 0.25) is 5.91 Å². The van der Waals surface area contributed by atoms with Crippen molar-refractivity contribution in [1.29, 1.82) is 0 Å².